The van der Waals surface area contributed by atoms with Crippen LogP contribution in [0.15, 0.2) is 18.5 Å². The van der Waals surface area contributed by atoms with Crippen molar-refractivity contribution >= 4 is 17.8 Å². The summed E-state index contributed by atoms with van der Waals surface area (Å²) in [5.41, 5.74) is 0. The second kappa shape index (κ2) is 8.23. The molecule has 1 atom stereocenters. The van der Waals surface area contributed by atoms with Gasteiger partial charge >= 0.3 is 0 Å². The maximum Gasteiger partial charge on any atom is 0.225 e. The van der Waals surface area contributed by atoms with Gasteiger partial charge in [-0.1, -0.05) is 6.42 Å². The molecule has 1 aliphatic carbocycles. The standard InChI is InChI=1S/C20H29N5O2/c26-18(15-7-12-24(13-8-15)19(27)16-4-1-5-16)23-17-6-2-11-25(14-17)20-21-9-3-10-22-20/h3,9-10,15-17H,1-2,4-8,11-14H2,(H,23,26)/t17-/m0/s1. The van der Waals surface area contributed by atoms with Gasteiger partial charge < -0.3 is 15.1 Å². The van der Waals surface area contributed by atoms with Crippen LogP contribution in [0.3, 0.4) is 0 Å². The molecular weight excluding hydrogens is 342 g/mol. The van der Waals surface area contributed by atoms with E-state index in [0.29, 0.717) is 5.91 Å². The Balaban J connectivity index is 1.25. The van der Waals surface area contributed by atoms with Crippen LogP contribution in [0, 0.1) is 11.8 Å². The van der Waals surface area contributed by atoms with E-state index >= 15 is 0 Å². The van der Waals surface area contributed by atoms with Crippen LogP contribution >= 0.6 is 0 Å². The number of anilines is 1. The molecule has 0 bridgehead atoms. The Morgan fingerprint density at radius 2 is 1.67 bits per heavy atom. The van der Waals surface area contributed by atoms with Crippen LogP contribution in [0.4, 0.5) is 5.95 Å². The van der Waals surface area contributed by atoms with Gasteiger partial charge in [0.15, 0.2) is 0 Å². The van der Waals surface area contributed by atoms with E-state index in [4.69, 9.17) is 0 Å². The second-order valence-corrected chi connectivity index (χ2v) is 8.07. The number of carbonyl (C=O) groups is 2. The Hall–Kier alpha value is -2.18. The van der Waals surface area contributed by atoms with Crippen LogP contribution in [-0.4, -0.2) is 58.9 Å². The lowest BCUT2D eigenvalue weighted by Crippen LogP contribution is -2.51. The van der Waals surface area contributed by atoms with Crippen molar-refractivity contribution < 1.29 is 9.59 Å². The summed E-state index contributed by atoms with van der Waals surface area (Å²) in [6.45, 7) is 3.14. The molecule has 3 aliphatic rings. The second-order valence-electron chi connectivity index (χ2n) is 8.07. The SMILES string of the molecule is O=C(N[C@H]1CCCN(c2ncccn2)C1)C1CCN(C(=O)C2CCC2)CC1. The molecular formula is C20H29N5O2. The lowest BCUT2D eigenvalue weighted by atomic mass is 9.83. The molecule has 1 N–H and O–H groups in total. The Labute approximate surface area is 160 Å². The Morgan fingerprint density at radius 1 is 0.926 bits per heavy atom. The summed E-state index contributed by atoms with van der Waals surface area (Å²) >= 11 is 0. The summed E-state index contributed by atoms with van der Waals surface area (Å²) < 4.78 is 0. The van der Waals surface area contributed by atoms with Crippen LogP contribution in [-0.2, 0) is 9.59 Å². The van der Waals surface area contributed by atoms with E-state index in [9.17, 15) is 9.59 Å². The van der Waals surface area contributed by atoms with E-state index in [1.54, 1.807) is 12.4 Å². The first kappa shape index (κ1) is 18.2. The third kappa shape index (κ3) is 4.22. The number of piperidine rings is 2. The number of rotatable bonds is 4. The van der Waals surface area contributed by atoms with Crippen LogP contribution in [0.5, 0.6) is 0 Å². The summed E-state index contributed by atoms with van der Waals surface area (Å²) in [5, 5.41) is 3.24. The Morgan fingerprint density at radius 3 is 2.33 bits per heavy atom. The molecule has 2 amide bonds. The summed E-state index contributed by atoms with van der Waals surface area (Å²) in [6.07, 6.45) is 10.4. The molecule has 27 heavy (non-hydrogen) atoms. The van der Waals surface area contributed by atoms with Crippen LogP contribution in [0.2, 0.25) is 0 Å². The number of carbonyl (C=O) groups excluding carboxylic acids is 2. The fraction of sp³-hybridized carbons (Fsp3) is 0.700. The van der Waals surface area contributed by atoms with Crippen molar-refractivity contribution in [3.8, 4) is 0 Å². The minimum absolute atomic E-state index is 0.0267. The quantitative estimate of drug-likeness (QED) is 0.870. The van der Waals surface area contributed by atoms with Gasteiger partial charge in [0.1, 0.15) is 0 Å². The van der Waals surface area contributed by atoms with Crippen LogP contribution in [0.25, 0.3) is 0 Å². The minimum Gasteiger partial charge on any atom is -0.351 e. The van der Waals surface area contributed by atoms with Crippen molar-refractivity contribution in [3.05, 3.63) is 18.5 Å². The number of amides is 2. The molecule has 1 aromatic heterocycles. The van der Waals surface area contributed by atoms with E-state index in [1.807, 2.05) is 11.0 Å². The Kier molecular flexibility index (Phi) is 5.55. The molecule has 2 aliphatic heterocycles. The third-order valence-electron chi connectivity index (χ3n) is 6.23. The minimum atomic E-state index is 0.0267. The highest BCUT2D eigenvalue weighted by Crippen LogP contribution is 2.30. The normalized spacial score (nSPS) is 24.4. The fourth-order valence-electron chi connectivity index (χ4n) is 4.33. The highest BCUT2D eigenvalue weighted by Gasteiger charge is 2.34. The average Bonchev–Trinajstić information content (AvgIpc) is 2.67. The predicted molar refractivity (Wildman–Crippen MR) is 102 cm³/mol. The number of aromatic nitrogens is 2. The summed E-state index contributed by atoms with van der Waals surface area (Å²) in [6, 6.07) is 1.96. The molecule has 2 saturated heterocycles. The Bertz CT molecular complexity index is 656. The van der Waals surface area contributed by atoms with Gasteiger partial charge in [0.25, 0.3) is 0 Å². The summed E-state index contributed by atoms with van der Waals surface area (Å²) in [4.78, 5) is 37.8. The summed E-state index contributed by atoms with van der Waals surface area (Å²) in [5.74, 6) is 1.47. The highest BCUT2D eigenvalue weighted by molar-refractivity contribution is 5.81. The number of nitrogens with one attached hydrogen (secondary N) is 1. The van der Waals surface area contributed by atoms with Gasteiger partial charge in [-0.05, 0) is 44.6 Å². The zero-order valence-electron chi connectivity index (χ0n) is 15.8. The molecule has 0 aromatic carbocycles. The van der Waals surface area contributed by atoms with Crippen LogP contribution < -0.4 is 10.2 Å². The van der Waals surface area contributed by atoms with Crippen molar-refractivity contribution in [1.29, 1.82) is 0 Å². The van der Waals surface area contributed by atoms with Crippen molar-refractivity contribution in [1.82, 2.24) is 20.2 Å². The van der Waals surface area contributed by atoms with Gasteiger partial charge in [0, 0.05) is 56.5 Å². The monoisotopic (exact) mass is 371 g/mol. The van der Waals surface area contributed by atoms with E-state index in [0.717, 1.165) is 70.7 Å². The lowest BCUT2D eigenvalue weighted by Gasteiger charge is -2.37. The average molecular weight is 371 g/mol. The van der Waals surface area contributed by atoms with Gasteiger partial charge in [-0.3, -0.25) is 9.59 Å². The number of hydrogen-bond donors (Lipinski definition) is 1. The fourth-order valence-corrected chi connectivity index (χ4v) is 4.33. The number of nitrogens with zero attached hydrogens (tertiary/aromatic N) is 4. The van der Waals surface area contributed by atoms with E-state index in [-0.39, 0.29) is 23.8 Å². The summed E-state index contributed by atoms with van der Waals surface area (Å²) in [7, 11) is 0. The molecule has 3 fully saturated rings. The van der Waals surface area contributed by atoms with E-state index < -0.39 is 0 Å². The molecule has 4 rings (SSSR count). The molecule has 1 saturated carbocycles. The van der Waals surface area contributed by atoms with Crippen molar-refractivity contribution in [2.24, 2.45) is 11.8 Å². The maximum absolute atomic E-state index is 12.7. The molecule has 3 heterocycles. The number of hydrogen-bond acceptors (Lipinski definition) is 5. The molecule has 1 aromatic rings. The highest BCUT2D eigenvalue weighted by atomic mass is 16.2. The number of likely N-dealkylation sites (tertiary alicyclic amines) is 1. The molecule has 0 unspecified atom stereocenters. The molecule has 7 nitrogen and oxygen atoms in total. The van der Waals surface area contributed by atoms with Gasteiger partial charge in [-0.25, -0.2) is 9.97 Å². The van der Waals surface area contributed by atoms with Gasteiger partial charge in [0.05, 0.1) is 0 Å². The van der Waals surface area contributed by atoms with Crippen molar-refractivity contribution in [2.75, 3.05) is 31.1 Å². The van der Waals surface area contributed by atoms with Crippen molar-refractivity contribution in [2.45, 2.75) is 51.0 Å². The van der Waals surface area contributed by atoms with Gasteiger partial charge in [0.2, 0.25) is 17.8 Å². The largest absolute Gasteiger partial charge is 0.351 e. The smallest absolute Gasteiger partial charge is 0.225 e. The molecule has 146 valence electrons. The van der Waals surface area contributed by atoms with E-state index in [1.165, 1.54) is 6.42 Å². The first-order chi connectivity index (χ1) is 13.2. The predicted octanol–water partition coefficient (Wildman–Crippen LogP) is 1.60. The third-order valence-corrected chi connectivity index (χ3v) is 6.23. The molecule has 7 heteroatoms. The maximum atomic E-state index is 12.7. The van der Waals surface area contributed by atoms with Crippen LogP contribution in [0.1, 0.15) is 44.9 Å². The van der Waals surface area contributed by atoms with Gasteiger partial charge in [-0.15, -0.1) is 0 Å². The lowest BCUT2D eigenvalue weighted by molar-refractivity contribution is -0.141. The molecule has 0 radical (unpaired) electrons. The first-order valence-electron chi connectivity index (χ1n) is 10.3. The topological polar surface area (TPSA) is 78.4 Å². The van der Waals surface area contributed by atoms with Crippen molar-refractivity contribution in [3.63, 3.8) is 0 Å². The van der Waals surface area contributed by atoms with Gasteiger partial charge in [-0.2, -0.15) is 0 Å². The first-order valence-corrected chi connectivity index (χ1v) is 10.3. The zero-order chi connectivity index (χ0) is 18.6. The van der Waals surface area contributed by atoms with E-state index in [2.05, 4.69) is 20.2 Å². The molecule has 0 spiro atoms. The zero-order valence-corrected chi connectivity index (χ0v) is 15.8.